The number of rotatable bonds is 8. The van der Waals surface area contributed by atoms with Crippen LogP contribution in [0.5, 0.6) is 17.2 Å². The van der Waals surface area contributed by atoms with Crippen molar-refractivity contribution in [2.24, 2.45) is 0 Å². The summed E-state index contributed by atoms with van der Waals surface area (Å²) in [7, 11) is 0. The highest BCUT2D eigenvalue weighted by Crippen LogP contribution is 2.27. The Morgan fingerprint density at radius 3 is 2.46 bits per heavy atom. The zero-order valence-electron chi connectivity index (χ0n) is 20.1. The van der Waals surface area contributed by atoms with Crippen molar-refractivity contribution in [2.75, 3.05) is 11.9 Å². The average molecular weight is 493 g/mol. The van der Waals surface area contributed by atoms with E-state index < -0.39 is 0 Å². The number of benzene rings is 3. The molecule has 0 aliphatic heterocycles. The van der Waals surface area contributed by atoms with Crippen LogP contribution in [-0.4, -0.2) is 26.6 Å². The lowest BCUT2D eigenvalue weighted by Gasteiger charge is -2.09. The van der Waals surface area contributed by atoms with E-state index in [4.69, 9.17) is 9.47 Å². The fraction of sp³-hybridized carbons (Fsp3) is 0.0690. The van der Waals surface area contributed by atoms with Crippen LogP contribution in [-0.2, 0) is 4.79 Å². The Bertz CT molecular complexity index is 1650. The van der Waals surface area contributed by atoms with Crippen molar-refractivity contribution in [1.29, 1.82) is 0 Å². The normalized spacial score (nSPS) is 10.7. The summed E-state index contributed by atoms with van der Waals surface area (Å²) in [4.78, 5) is 29.7. The molecule has 0 atom stereocenters. The topological polar surface area (TPSA) is 87.4 Å². The Morgan fingerprint density at radius 1 is 0.919 bits per heavy atom. The predicted molar refractivity (Wildman–Crippen MR) is 143 cm³/mol. The standard InChI is InChI=1S/C29H24N4O4/c1-3-28(34)31-20-7-5-8-22(17-20)33-26-15-16-30-19-27(26)32(29(33)35)21-11-13-23(14-12-21)37-25-10-6-9-24(18-25)36-4-2/h3,5-19H,1,4H2,2H3,(H,31,34). The molecular formula is C29H24N4O4. The number of imidazole rings is 1. The number of hydrogen-bond donors (Lipinski definition) is 1. The van der Waals surface area contributed by atoms with Gasteiger partial charge in [0.2, 0.25) is 5.91 Å². The molecular weight excluding hydrogens is 468 g/mol. The van der Waals surface area contributed by atoms with E-state index in [0.717, 1.165) is 5.75 Å². The van der Waals surface area contributed by atoms with E-state index in [-0.39, 0.29) is 11.6 Å². The van der Waals surface area contributed by atoms with Gasteiger partial charge in [-0.3, -0.25) is 18.9 Å². The molecule has 8 nitrogen and oxygen atoms in total. The summed E-state index contributed by atoms with van der Waals surface area (Å²) in [6, 6.07) is 23.5. The highest BCUT2D eigenvalue weighted by Gasteiger charge is 2.17. The molecule has 5 aromatic rings. The fourth-order valence-electron chi connectivity index (χ4n) is 4.05. The van der Waals surface area contributed by atoms with Gasteiger partial charge in [0.15, 0.2) is 0 Å². The maximum atomic E-state index is 13.7. The molecule has 5 rings (SSSR count). The van der Waals surface area contributed by atoms with Gasteiger partial charge >= 0.3 is 5.69 Å². The molecule has 3 aromatic carbocycles. The van der Waals surface area contributed by atoms with Crippen molar-refractivity contribution in [2.45, 2.75) is 6.92 Å². The number of carbonyl (C=O) groups is 1. The minimum absolute atomic E-state index is 0.270. The molecule has 1 N–H and O–H groups in total. The van der Waals surface area contributed by atoms with Crippen LogP contribution in [0, 0.1) is 0 Å². The third kappa shape index (κ3) is 4.85. The van der Waals surface area contributed by atoms with Crippen LogP contribution in [0.4, 0.5) is 5.69 Å². The number of fused-ring (bicyclic) bond motifs is 1. The number of ether oxygens (including phenoxy) is 2. The van der Waals surface area contributed by atoms with Crippen molar-refractivity contribution in [3.8, 4) is 28.6 Å². The van der Waals surface area contributed by atoms with Crippen LogP contribution in [0.25, 0.3) is 22.4 Å². The van der Waals surface area contributed by atoms with Crippen LogP contribution < -0.4 is 20.5 Å². The van der Waals surface area contributed by atoms with Crippen molar-refractivity contribution in [1.82, 2.24) is 14.1 Å². The highest BCUT2D eigenvalue weighted by molar-refractivity contribution is 5.99. The first-order chi connectivity index (χ1) is 18.1. The largest absolute Gasteiger partial charge is 0.494 e. The number of carbonyl (C=O) groups excluding carboxylic acids is 1. The van der Waals surface area contributed by atoms with Crippen molar-refractivity contribution in [3.05, 3.63) is 114 Å². The summed E-state index contributed by atoms with van der Waals surface area (Å²) >= 11 is 0. The van der Waals surface area contributed by atoms with E-state index in [9.17, 15) is 9.59 Å². The van der Waals surface area contributed by atoms with Crippen molar-refractivity contribution in [3.63, 3.8) is 0 Å². The molecule has 184 valence electrons. The molecule has 0 spiro atoms. The van der Waals surface area contributed by atoms with E-state index in [1.165, 1.54) is 6.08 Å². The van der Waals surface area contributed by atoms with E-state index in [1.54, 1.807) is 57.9 Å². The molecule has 0 aliphatic carbocycles. The molecule has 2 aromatic heterocycles. The molecule has 0 saturated carbocycles. The van der Waals surface area contributed by atoms with Gasteiger partial charge in [0.1, 0.15) is 17.2 Å². The molecule has 0 aliphatic rings. The van der Waals surface area contributed by atoms with Gasteiger partial charge in [-0.1, -0.05) is 18.7 Å². The maximum absolute atomic E-state index is 13.7. The van der Waals surface area contributed by atoms with Gasteiger partial charge < -0.3 is 14.8 Å². The Kier molecular flexibility index (Phi) is 6.54. The molecule has 2 heterocycles. The van der Waals surface area contributed by atoms with Gasteiger partial charge in [0, 0.05) is 18.0 Å². The van der Waals surface area contributed by atoms with E-state index in [2.05, 4.69) is 16.9 Å². The molecule has 0 bridgehead atoms. The number of hydrogen-bond acceptors (Lipinski definition) is 5. The van der Waals surface area contributed by atoms with Crippen molar-refractivity contribution >= 4 is 22.6 Å². The van der Waals surface area contributed by atoms with E-state index in [1.807, 2.05) is 49.4 Å². The molecule has 0 radical (unpaired) electrons. The average Bonchev–Trinajstić information content (AvgIpc) is 3.21. The van der Waals surface area contributed by atoms with Gasteiger partial charge in [0.25, 0.3) is 0 Å². The first-order valence-corrected chi connectivity index (χ1v) is 11.7. The predicted octanol–water partition coefficient (Wildman–Crippen LogP) is 5.49. The SMILES string of the molecule is C=CC(=O)Nc1cccc(-n2c(=O)n(-c3ccc(Oc4cccc(OCC)c4)cc3)c3cnccc32)c1. The minimum atomic E-state index is -0.331. The smallest absolute Gasteiger partial charge is 0.338 e. The van der Waals surface area contributed by atoms with Crippen LogP contribution in [0.2, 0.25) is 0 Å². The lowest BCUT2D eigenvalue weighted by Crippen LogP contribution is -2.22. The quantitative estimate of drug-likeness (QED) is 0.289. The highest BCUT2D eigenvalue weighted by atomic mass is 16.5. The maximum Gasteiger partial charge on any atom is 0.338 e. The molecule has 1 amide bonds. The summed E-state index contributed by atoms with van der Waals surface area (Å²) in [5.74, 6) is 1.68. The lowest BCUT2D eigenvalue weighted by molar-refractivity contribution is -0.111. The zero-order chi connectivity index (χ0) is 25.8. The van der Waals surface area contributed by atoms with Gasteiger partial charge in [-0.05, 0) is 73.7 Å². The van der Waals surface area contributed by atoms with Crippen LogP contribution >= 0.6 is 0 Å². The Morgan fingerprint density at radius 2 is 1.68 bits per heavy atom. The molecule has 0 saturated heterocycles. The van der Waals surface area contributed by atoms with E-state index >= 15 is 0 Å². The third-order valence-electron chi connectivity index (χ3n) is 5.65. The molecule has 0 unspecified atom stereocenters. The molecule has 37 heavy (non-hydrogen) atoms. The second kappa shape index (κ2) is 10.2. The summed E-state index contributed by atoms with van der Waals surface area (Å²) in [6.07, 6.45) is 4.49. The van der Waals surface area contributed by atoms with Crippen LogP contribution in [0.3, 0.4) is 0 Å². The Balaban J connectivity index is 1.51. The number of aromatic nitrogens is 3. The van der Waals surface area contributed by atoms with Crippen LogP contribution in [0.15, 0.2) is 109 Å². The molecule has 0 fully saturated rings. The summed E-state index contributed by atoms with van der Waals surface area (Å²) in [5.41, 5.74) is 2.88. The van der Waals surface area contributed by atoms with Gasteiger partial charge in [-0.25, -0.2) is 4.79 Å². The summed E-state index contributed by atoms with van der Waals surface area (Å²) in [6.45, 7) is 5.98. The Labute approximate surface area is 213 Å². The third-order valence-corrected chi connectivity index (χ3v) is 5.65. The lowest BCUT2D eigenvalue weighted by atomic mass is 10.2. The Hall–Kier alpha value is -5.11. The number of amides is 1. The van der Waals surface area contributed by atoms with Crippen molar-refractivity contribution < 1.29 is 14.3 Å². The molecule has 8 heteroatoms. The summed E-state index contributed by atoms with van der Waals surface area (Å²) < 4.78 is 14.7. The fourth-order valence-corrected chi connectivity index (χ4v) is 4.05. The number of anilines is 1. The zero-order valence-corrected chi connectivity index (χ0v) is 20.1. The number of nitrogens with zero attached hydrogens (tertiary/aromatic N) is 3. The van der Waals surface area contributed by atoms with Gasteiger partial charge in [-0.2, -0.15) is 0 Å². The van der Waals surface area contributed by atoms with E-state index in [0.29, 0.717) is 46.2 Å². The second-order valence-corrected chi connectivity index (χ2v) is 8.07. The first kappa shape index (κ1) is 23.6. The first-order valence-electron chi connectivity index (χ1n) is 11.7. The minimum Gasteiger partial charge on any atom is -0.494 e. The summed E-state index contributed by atoms with van der Waals surface area (Å²) in [5, 5.41) is 2.73. The van der Waals surface area contributed by atoms with Gasteiger partial charge in [-0.15, -0.1) is 0 Å². The number of pyridine rings is 1. The van der Waals surface area contributed by atoms with Gasteiger partial charge in [0.05, 0.1) is 35.2 Å². The van der Waals surface area contributed by atoms with Crippen LogP contribution in [0.1, 0.15) is 6.92 Å². The monoisotopic (exact) mass is 492 g/mol. The second-order valence-electron chi connectivity index (χ2n) is 8.07. The number of nitrogens with one attached hydrogen (secondary N) is 1.